The molecule has 3 N–H and O–H groups in total. The fraction of sp³-hybridized carbons (Fsp3) is 0.786. The summed E-state index contributed by atoms with van der Waals surface area (Å²) in [5.74, 6) is 0.236. The van der Waals surface area contributed by atoms with Crippen LogP contribution in [0.1, 0.15) is 58.8 Å². The second-order valence-corrected chi connectivity index (χ2v) is 8.06. The molecule has 0 spiro atoms. The maximum absolute atomic E-state index is 12.2. The van der Waals surface area contributed by atoms with Crippen LogP contribution < -0.4 is 11.1 Å². The van der Waals surface area contributed by atoms with Crippen LogP contribution in [0.2, 0.25) is 0 Å². The first-order valence-electron chi connectivity index (χ1n) is 7.74. The first kappa shape index (κ1) is 18.2. The number of nitrogen functional groups attached to an aromatic ring is 1. The minimum Gasteiger partial charge on any atom is -0.382 e. The molecule has 0 unspecified atom stereocenters. The second kappa shape index (κ2) is 9.25. The van der Waals surface area contributed by atoms with E-state index in [-0.39, 0.29) is 16.5 Å². The molecule has 7 heteroatoms. The van der Waals surface area contributed by atoms with Gasteiger partial charge in [-0.3, -0.25) is 0 Å². The van der Waals surface area contributed by atoms with Crippen LogP contribution in [0.15, 0.2) is 4.90 Å². The standard InChI is InChI=1S/C14H27N3O2S2/c1-3-5-6-7-8-9-10-16-14-12(13(15)17-20-14)21(18,19)11-4-2/h16H,3-11H2,1-2H3,(H2,15,17). The number of nitrogens with one attached hydrogen (secondary N) is 1. The fourth-order valence-corrected chi connectivity index (χ4v) is 4.83. The highest BCUT2D eigenvalue weighted by atomic mass is 32.2. The van der Waals surface area contributed by atoms with Gasteiger partial charge >= 0.3 is 0 Å². The zero-order chi connectivity index (χ0) is 15.7. The lowest BCUT2D eigenvalue weighted by Crippen LogP contribution is -2.11. The Morgan fingerprint density at radius 2 is 1.76 bits per heavy atom. The molecule has 0 amide bonds. The zero-order valence-corrected chi connectivity index (χ0v) is 14.7. The summed E-state index contributed by atoms with van der Waals surface area (Å²) >= 11 is 1.14. The Kier molecular flexibility index (Phi) is 8.03. The molecule has 0 saturated heterocycles. The van der Waals surface area contributed by atoms with E-state index in [2.05, 4.69) is 16.6 Å². The summed E-state index contributed by atoms with van der Waals surface area (Å²) in [4.78, 5) is 0.195. The minimum atomic E-state index is -3.32. The van der Waals surface area contributed by atoms with Gasteiger partial charge in [-0.2, -0.15) is 4.37 Å². The Morgan fingerprint density at radius 1 is 1.10 bits per heavy atom. The maximum atomic E-state index is 12.2. The van der Waals surface area contributed by atoms with Crippen molar-refractivity contribution in [2.75, 3.05) is 23.3 Å². The van der Waals surface area contributed by atoms with Gasteiger partial charge in [0.2, 0.25) is 0 Å². The summed E-state index contributed by atoms with van der Waals surface area (Å²) < 4.78 is 28.4. The largest absolute Gasteiger partial charge is 0.382 e. The lowest BCUT2D eigenvalue weighted by atomic mass is 10.1. The molecular weight excluding hydrogens is 306 g/mol. The van der Waals surface area contributed by atoms with E-state index >= 15 is 0 Å². The van der Waals surface area contributed by atoms with Crippen LogP contribution in [0.4, 0.5) is 10.8 Å². The molecule has 21 heavy (non-hydrogen) atoms. The normalized spacial score (nSPS) is 11.7. The number of anilines is 2. The number of rotatable bonds is 11. The van der Waals surface area contributed by atoms with Gasteiger partial charge in [-0.05, 0) is 24.4 Å². The van der Waals surface area contributed by atoms with Crippen molar-refractivity contribution in [3.05, 3.63) is 0 Å². The predicted molar refractivity (Wildman–Crippen MR) is 90.7 cm³/mol. The molecule has 0 fully saturated rings. The molecule has 5 nitrogen and oxygen atoms in total. The number of sulfone groups is 1. The number of nitrogens with zero attached hydrogens (tertiary/aromatic N) is 1. The second-order valence-electron chi connectivity index (χ2n) is 5.24. The summed E-state index contributed by atoms with van der Waals surface area (Å²) in [5, 5.41) is 3.78. The average Bonchev–Trinajstić information content (AvgIpc) is 2.79. The molecule has 0 radical (unpaired) electrons. The van der Waals surface area contributed by atoms with Gasteiger partial charge in [0.25, 0.3) is 0 Å². The van der Waals surface area contributed by atoms with E-state index in [0.717, 1.165) is 24.5 Å². The van der Waals surface area contributed by atoms with E-state index in [9.17, 15) is 8.42 Å². The highest BCUT2D eigenvalue weighted by Gasteiger charge is 2.24. The van der Waals surface area contributed by atoms with Crippen LogP contribution in [0.25, 0.3) is 0 Å². The van der Waals surface area contributed by atoms with Gasteiger partial charge in [-0.25, -0.2) is 8.42 Å². The van der Waals surface area contributed by atoms with Crippen molar-refractivity contribution in [1.29, 1.82) is 0 Å². The number of unbranched alkanes of at least 4 members (excludes halogenated alkanes) is 5. The van der Waals surface area contributed by atoms with Crippen molar-refractivity contribution in [1.82, 2.24) is 4.37 Å². The highest BCUT2D eigenvalue weighted by molar-refractivity contribution is 7.91. The van der Waals surface area contributed by atoms with Gasteiger partial charge in [-0.1, -0.05) is 46.0 Å². The Morgan fingerprint density at radius 3 is 2.43 bits per heavy atom. The van der Waals surface area contributed by atoms with Crippen LogP contribution >= 0.6 is 11.5 Å². The monoisotopic (exact) mass is 333 g/mol. The first-order chi connectivity index (χ1) is 10.0. The number of nitrogens with two attached hydrogens (primary N) is 1. The molecule has 0 aliphatic rings. The highest BCUT2D eigenvalue weighted by Crippen LogP contribution is 2.32. The summed E-state index contributed by atoms with van der Waals surface area (Å²) in [6, 6.07) is 0. The molecule has 0 aromatic carbocycles. The Bertz CT molecular complexity index is 512. The molecular formula is C14H27N3O2S2. The van der Waals surface area contributed by atoms with Gasteiger partial charge in [-0.15, -0.1) is 0 Å². The van der Waals surface area contributed by atoms with Crippen molar-refractivity contribution in [3.63, 3.8) is 0 Å². The quantitative estimate of drug-likeness (QED) is 0.603. The van der Waals surface area contributed by atoms with Gasteiger partial charge in [0.1, 0.15) is 9.90 Å². The van der Waals surface area contributed by atoms with Crippen molar-refractivity contribution in [2.24, 2.45) is 0 Å². The summed E-state index contributed by atoms with van der Waals surface area (Å²) in [5.41, 5.74) is 5.72. The maximum Gasteiger partial charge on any atom is 0.185 e. The SMILES string of the molecule is CCCCCCCCNc1snc(N)c1S(=O)(=O)CCC. The molecule has 0 aliphatic heterocycles. The van der Waals surface area contributed by atoms with E-state index in [4.69, 9.17) is 5.73 Å². The van der Waals surface area contributed by atoms with Crippen LogP contribution in [0.3, 0.4) is 0 Å². The smallest absolute Gasteiger partial charge is 0.185 e. The zero-order valence-electron chi connectivity index (χ0n) is 13.0. The molecule has 1 aromatic heterocycles. The molecule has 1 aromatic rings. The Balaban J connectivity index is 2.50. The van der Waals surface area contributed by atoms with Gasteiger partial charge in [0.15, 0.2) is 15.7 Å². The van der Waals surface area contributed by atoms with Crippen molar-refractivity contribution < 1.29 is 8.42 Å². The van der Waals surface area contributed by atoms with Crippen molar-refractivity contribution in [2.45, 2.75) is 63.7 Å². The van der Waals surface area contributed by atoms with Crippen LogP contribution in [-0.2, 0) is 9.84 Å². The topological polar surface area (TPSA) is 85.1 Å². The molecule has 1 rings (SSSR count). The Hall–Kier alpha value is -0.820. The van der Waals surface area contributed by atoms with E-state index in [1.165, 1.54) is 32.1 Å². The number of hydrogen-bond acceptors (Lipinski definition) is 6. The lowest BCUT2D eigenvalue weighted by molar-refractivity contribution is 0.595. The third-order valence-electron chi connectivity index (χ3n) is 3.27. The molecule has 0 aliphatic carbocycles. The van der Waals surface area contributed by atoms with Gasteiger partial charge in [0, 0.05) is 6.54 Å². The molecule has 1 heterocycles. The summed E-state index contributed by atoms with van der Waals surface area (Å²) in [6.07, 6.45) is 7.83. The average molecular weight is 334 g/mol. The van der Waals surface area contributed by atoms with E-state index in [1.807, 2.05) is 6.92 Å². The molecule has 0 saturated carbocycles. The molecule has 122 valence electrons. The molecule has 0 bridgehead atoms. The lowest BCUT2D eigenvalue weighted by Gasteiger charge is -2.07. The van der Waals surface area contributed by atoms with Gasteiger partial charge in [0.05, 0.1) is 5.75 Å². The first-order valence-corrected chi connectivity index (χ1v) is 10.2. The van der Waals surface area contributed by atoms with E-state index in [1.54, 1.807) is 0 Å². The number of aromatic nitrogens is 1. The van der Waals surface area contributed by atoms with Gasteiger partial charge < -0.3 is 11.1 Å². The predicted octanol–water partition coefficient (Wildman–Crippen LogP) is 3.68. The minimum absolute atomic E-state index is 0.112. The summed E-state index contributed by atoms with van der Waals surface area (Å²) in [7, 11) is -3.32. The third-order valence-corrected chi connectivity index (χ3v) is 6.20. The van der Waals surface area contributed by atoms with E-state index in [0.29, 0.717) is 11.4 Å². The fourth-order valence-electron chi connectivity index (χ4n) is 2.19. The number of hydrogen-bond donors (Lipinski definition) is 2. The Labute approximate surface area is 132 Å². The van der Waals surface area contributed by atoms with Crippen molar-refractivity contribution >= 4 is 32.2 Å². The van der Waals surface area contributed by atoms with Crippen LogP contribution in [0, 0.1) is 0 Å². The van der Waals surface area contributed by atoms with E-state index < -0.39 is 9.84 Å². The van der Waals surface area contributed by atoms with Crippen LogP contribution in [0.5, 0.6) is 0 Å². The van der Waals surface area contributed by atoms with Crippen LogP contribution in [-0.4, -0.2) is 25.1 Å². The molecule has 0 atom stereocenters. The van der Waals surface area contributed by atoms with Crippen molar-refractivity contribution in [3.8, 4) is 0 Å². The third kappa shape index (κ3) is 5.82. The summed E-state index contributed by atoms with van der Waals surface area (Å²) in [6.45, 7) is 4.81.